The summed E-state index contributed by atoms with van der Waals surface area (Å²) < 4.78 is 11.7. The maximum absolute atomic E-state index is 13.8. The molecule has 3 aromatic carbocycles. The molecule has 1 aliphatic rings. The van der Waals surface area contributed by atoms with Crippen LogP contribution in [0.3, 0.4) is 0 Å². The third-order valence-corrected chi connectivity index (χ3v) is 8.57. The Balaban J connectivity index is 1.37. The predicted octanol–water partition coefficient (Wildman–Crippen LogP) is 8.44. The molecule has 0 fully saturated rings. The average Bonchev–Trinajstić information content (AvgIpc) is 3.31. The standard InChI is InChI=1S/C36H39N3O4S/c1-4-42-31-21-26(16-17-30(31)43-23-33(40)38-27-12-8-7-9-13-27)22-37-36-34(29-14-10-5-6-11-15-32(29)44-36)35(41)39-28-19-24(2)18-25(3)20-28/h7-9,12-13,16-22H,4-6,10-11,14-15,23H2,1-3H3,(H,38,40)(H,39,41). The van der Waals surface area contributed by atoms with Crippen molar-refractivity contribution in [1.29, 1.82) is 0 Å². The van der Waals surface area contributed by atoms with Gasteiger partial charge in [0.25, 0.3) is 11.8 Å². The maximum atomic E-state index is 13.8. The van der Waals surface area contributed by atoms with E-state index >= 15 is 0 Å². The van der Waals surface area contributed by atoms with E-state index in [0.29, 0.717) is 29.4 Å². The fourth-order valence-electron chi connectivity index (χ4n) is 5.46. The van der Waals surface area contributed by atoms with Crippen molar-refractivity contribution in [2.75, 3.05) is 23.8 Å². The first-order valence-corrected chi connectivity index (χ1v) is 16.0. The van der Waals surface area contributed by atoms with Gasteiger partial charge in [0.05, 0.1) is 12.2 Å². The number of amides is 2. The number of thiophene rings is 1. The van der Waals surface area contributed by atoms with Crippen LogP contribution < -0.4 is 20.1 Å². The van der Waals surface area contributed by atoms with Gasteiger partial charge in [-0.25, -0.2) is 4.99 Å². The Morgan fingerprint density at radius 3 is 2.34 bits per heavy atom. The molecule has 0 unspecified atom stereocenters. The van der Waals surface area contributed by atoms with E-state index in [2.05, 4.69) is 16.7 Å². The van der Waals surface area contributed by atoms with E-state index in [0.717, 1.165) is 58.6 Å². The lowest BCUT2D eigenvalue weighted by Gasteiger charge is -2.13. The number of benzene rings is 3. The van der Waals surface area contributed by atoms with Crippen molar-refractivity contribution in [3.05, 3.63) is 99.4 Å². The van der Waals surface area contributed by atoms with Crippen LogP contribution in [0.15, 0.2) is 71.7 Å². The van der Waals surface area contributed by atoms with Gasteiger partial charge in [-0.05, 0) is 111 Å². The maximum Gasteiger partial charge on any atom is 0.262 e. The highest BCUT2D eigenvalue weighted by molar-refractivity contribution is 7.16. The summed E-state index contributed by atoms with van der Waals surface area (Å²) in [7, 11) is 0. The number of anilines is 2. The summed E-state index contributed by atoms with van der Waals surface area (Å²) in [4.78, 5) is 32.3. The van der Waals surface area contributed by atoms with Crippen LogP contribution in [0.5, 0.6) is 11.5 Å². The number of nitrogens with zero attached hydrogens (tertiary/aromatic N) is 1. The number of carbonyl (C=O) groups excluding carboxylic acids is 2. The molecule has 0 saturated heterocycles. The molecule has 1 aromatic heterocycles. The van der Waals surface area contributed by atoms with Crippen molar-refractivity contribution in [2.24, 2.45) is 4.99 Å². The van der Waals surface area contributed by atoms with Crippen molar-refractivity contribution < 1.29 is 19.1 Å². The number of hydrogen-bond donors (Lipinski definition) is 2. The average molecular weight is 610 g/mol. The molecule has 228 valence electrons. The van der Waals surface area contributed by atoms with Crippen LogP contribution >= 0.6 is 11.3 Å². The minimum Gasteiger partial charge on any atom is -0.490 e. The zero-order valence-electron chi connectivity index (χ0n) is 25.6. The molecule has 1 aliphatic carbocycles. The smallest absolute Gasteiger partial charge is 0.262 e. The van der Waals surface area contributed by atoms with E-state index in [-0.39, 0.29) is 18.4 Å². The van der Waals surface area contributed by atoms with Gasteiger partial charge in [-0.2, -0.15) is 0 Å². The van der Waals surface area contributed by atoms with E-state index < -0.39 is 0 Å². The lowest BCUT2D eigenvalue weighted by atomic mass is 9.96. The Hall–Kier alpha value is -4.43. The summed E-state index contributed by atoms with van der Waals surface area (Å²) in [6.07, 6.45) is 8.20. The van der Waals surface area contributed by atoms with Gasteiger partial charge in [-0.1, -0.05) is 37.1 Å². The summed E-state index contributed by atoms with van der Waals surface area (Å²) in [5, 5.41) is 6.68. The van der Waals surface area contributed by atoms with Gasteiger partial charge < -0.3 is 20.1 Å². The molecule has 8 heteroatoms. The van der Waals surface area contributed by atoms with E-state index in [1.165, 1.54) is 17.7 Å². The van der Waals surface area contributed by atoms with Crippen molar-refractivity contribution >= 4 is 45.7 Å². The van der Waals surface area contributed by atoms with Gasteiger partial charge >= 0.3 is 0 Å². The fraction of sp³-hybridized carbons (Fsp3) is 0.306. The quantitative estimate of drug-likeness (QED) is 0.177. The molecule has 2 amide bonds. The van der Waals surface area contributed by atoms with Crippen molar-refractivity contribution in [3.63, 3.8) is 0 Å². The lowest BCUT2D eigenvalue weighted by Crippen LogP contribution is -2.20. The molecule has 0 bridgehead atoms. The fourth-order valence-corrected chi connectivity index (χ4v) is 6.69. The Kier molecular flexibility index (Phi) is 10.5. The van der Waals surface area contributed by atoms with Crippen molar-refractivity contribution in [1.82, 2.24) is 0 Å². The van der Waals surface area contributed by atoms with Gasteiger partial charge in [0, 0.05) is 22.5 Å². The Morgan fingerprint density at radius 2 is 1.59 bits per heavy atom. The van der Waals surface area contributed by atoms with E-state index in [4.69, 9.17) is 14.5 Å². The topological polar surface area (TPSA) is 89.0 Å². The molecular weight excluding hydrogens is 570 g/mol. The predicted molar refractivity (Wildman–Crippen MR) is 179 cm³/mol. The molecule has 0 atom stereocenters. The number of nitrogens with one attached hydrogen (secondary N) is 2. The molecule has 0 spiro atoms. The first kappa shape index (κ1) is 31.0. The summed E-state index contributed by atoms with van der Waals surface area (Å²) in [6, 6.07) is 20.8. The molecule has 0 aliphatic heterocycles. The van der Waals surface area contributed by atoms with Gasteiger partial charge in [-0.3, -0.25) is 9.59 Å². The number of fused-ring (bicyclic) bond motifs is 1. The van der Waals surface area contributed by atoms with Gasteiger partial charge in [0.15, 0.2) is 18.1 Å². The highest BCUT2D eigenvalue weighted by Gasteiger charge is 2.24. The lowest BCUT2D eigenvalue weighted by molar-refractivity contribution is -0.118. The van der Waals surface area contributed by atoms with Crippen LogP contribution in [0.1, 0.15) is 70.1 Å². The van der Waals surface area contributed by atoms with Crippen LogP contribution in [-0.4, -0.2) is 31.2 Å². The summed E-state index contributed by atoms with van der Waals surface area (Å²) in [5.74, 6) is 0.618. The SMILES string of the molecule is CCOc1cc(C=Nc2sc3c(c2C(=O)Nc2cc(C)cc(C)c2)CCCCCC3)ccc1OCC(=O)Nc1ccccc1. The first-order valence-electron chi connectivity index (χ1n) is 15.2. The minimum atomic E-state index is -0.260. The number of rotatable bonds is 10. The third-order valence-electron chi connectivity index (χ3n) is 7.37. The number of aliphatic imine (C=N–C) groups is 1. The summed E-state index contributed by atoms with van der Waals surface area (Å²) in [6.45, 7) is 6.25. The Morgan fingerprint density at radius 1 is 0.841 bits per heavy atom. The largest absolute Gasteiger partial charge is 0.490 e. The number of aryl methyl sites for hydroxylation is 3. The normalized spacial score (nSPS) is 13.1. The molecule has 1 heterocycles. The van der Waals surface area contributed by atoms with Crippen molar-refractivity contribution in [3.8, 4) is 11.5 Å². The molecule has 5 rings (SSSR count). The Bertz CT molecular complexity index is 1620. The van der Waals surface area contributed by atoms with Crippen LogP contribution in [-0.2, 0) is 17.6 Å². The molecule has 7 nitrogen and oxygen atoms in total. The molecule has 4 aromatic rings. The van der Waals surface area contributed by atoms with Crippen LogP contribution in [0.2, 0.25) is 0 Å². The van der Waals surface area contributed by atoms with Gasteiger partial charge in [0.2, 0.25) is 0 Å². The summed E-state index contributed by atoms with van der Waals surface area (Å²) in [5.41, 5.74) is 6.33. The number of ether oxygens (including phenoxy) is 2. The number of para-hydroxylation sites is 1. The molecule has 0 saturated carbocycles. The molecule has 0 radical (unpaired) electrons. The minimum absolute atomic E-state index is 0.118. The second kappa shape index (κ2) is 14.8. The van der Waals surface area contributed by atoms with Gasteiger partial charge in [-0.15, -0.1) is 11.3 Å². The molecule has 2 N–H and O–H groups in total. The highest BCUT2D eigenvalue weighted by atomic mass is 32.1. The second-order valence-electron chi connectivity index (χ2n) is 11.0. The highest BCUT2D eigenvalue weighted by Crippen LogP contribution is 2.39. The van der Waals surface area contributed by atoms with E-state index in [9.17, 15) is 9.59 Å². The second-order valence-corrected chi connectivity index (χ2v) is 12.1. The Labute approximate surface area is 263 Å². The van der Waals surface area contributed by atoms with Crippen LogP contribution in [0, 0.1) is 13.8 Å². The zero-order valence-corrected chi connectivity index (χ0v) is 26.4. The zero-order chi connectivity index (χ0) is 30.9. The van der Waals surface area contributed by atoms with Crippen molar-refractivity contribution in [2.45, 2.75) is 59.3 Å². The molecular formula is C36H39N3O4S. The molecule has 44 heavy (non-hydrogen) atoms. The van der Waals surface area contributed by atoms with Gasteiger partial charge in [0.1, 0.15) is 5.00 Å². The first-order chi connectivity index (χ1) is 21.4. The third kappa shape index (κ3) is 8.14. The number of carbonyl (C=O) groups is 2. The van der Waals surface area contributed by atoms with Crippen LogP contribution in [0.25, 0.3) is 0 Å². The van der Waals surface area contributed by atoms with Crippen LogP contribution in [0.4, 0.5) is 16.4 Å². The number of hydrogen-bond acceptors (Lipinski definition) is 6. The summed E-state index contributed by atoms with van der Waals surface area (Å²) >= 11 is 1.62. The van der Waals surface area contributed by atoms with E-state index in [1.54, 1.807) is 23.6 Å². The monoisotopic (exact) mass is 609 g/mol. The van der Waals surface area contributed by atoms with E-state index in [1.807, 2.05) is 75.4 Å².